The second kappa shape index (κ2) is 8.50. The van der Waals surface area contributed by atoms with Gasteiger partial charge >= 0.3 is 0 Å². The van der Waals surface area contributed by atoms with E-state index < -0.39 is 0 Å². The summed E-state index contributed by atoms with van der Waals surface area (Å²) in [5, 5.41) is 0.380. The van der Waals surface area contributed by atoms with Crippen molar-refractivity contribution in [1.29, 1.82) is 0 Å². The first kappa shape index (κ1) is 22.8. The van der Waals surface area contributed by atoms with Crippen molar-refractivity contribution in [3.63, 3.8) is 0 Å². The van der Waals surface area contributed by atoms with Gasteiger partial charge in [0, 0.05) is 0 Å². The van der Waals surface area contributed by atoms with Crippen LogP contribution >= 0.6 is 23.2 Å². The summed E-state index contributed by atoms with van der Waals surface area (Å²) < 4.78 is 0. The zero-order valence-corrected chi connectivity index (χ0v) is 21.2. The molecule has 4 aliphatic rings. The van der Waals surface area contributed by atoms with Gasteiger partial charge in [0.15, 0.2) is 0 Å². The standard InChI is InChI=1S/C27H46Cl2/c1-17(2)7-6-8-18(3)21-11-12-22-20-10-9-19-15-24(28)25(29)16-27(19,5)23(20)13-14-26(21,22)4/h17-25H,6-16H2,1-5H3/t18-,19+,20+,21-,22+,23+,24+,25+,26-,27+/m1/s1. The van der Waals surface area contributed by atoms with Gasteiger partial charge in [-0.3, -0.25) is 0 Å². The van der Waals surface area contributed by atoms with Crippen LogP contribution < -0.4 is 0 Å². The molecule has 168 valence electrons. The van der Waals surface area contributed by atoms with E-state index in [0.717, 1.165) is 54.3 Å². The molecule has 0 radical (unpaired) electrons. The van der Waals surface area contributed by atoms with E-state index in [-0.39, 0.29) is 10.8 Å². The zero-order chi connectivity index (χ0) is 21.0. The van der Waals surface area contributed by atoms with Gasteiger partial charge in [-0.25, -0.2) is 0 Å². The fourth-order valence-corrected chi connectivity index (χ4v) is 9.97. The summed E-state index contributed by atoms with van der Waals surface area (Å²) in [6.07, 6.45) is 15.4. The van der Waals surface area contributed by atoms with Crippen LogP contribution in [-0.2, 0) is 0 Å². The monoisotopic (exact) mass is 440 g/mol. The van der Waals surface area contributed by atoms with Gasteiger partial charge in [0.1, 0.15) is 0 Å². The Kier molecular flexibility index (Phi) is 6.67. The number of hydrogen-bond acceptors (Lipinski definition) is 0. The summed E-state index contributed by atoms with van der Waals surface area (Å²) in [7, 11) is 0. The van der Waals surface area contributed by atoms with Crippen molar-refractivity contribution in [2.45, 2.75) is 116 Å². The zero-order valence-electron chi connectivity index (χ0n) is 19.7. The minimum atomic E-state index is 0.183. The average Bonchev–Trinajstić information content (AvgIpc) is 3.00. The second-order valence-corrected chi connectivity index (χ2v) is 13.8. The molecular formula is C27H46Cl2. The molecule has 4 saturated carbocycles. The minimum Gasteiger partial charge on any atom is -0.121 e. The van der Waals surface area contributed by atoms with Crippen LogP contribution in [0.3, 0.4) is 0 Å². The first-order chi connectivity index (χ1) is 13.7. The highest BCUT2D eigenvalue weighted by Gasteiger charge is 2.61. The molecule has 29 heavy (non-hydrogen) atoms. The van der Waals surface area contributed by atoms with E-state index in [1.165, 1.54) is 57.8 Å². The van der Waals surface area contributed by atoms with Crippen molar-refractivity contribution in [1.82, 2.24) is 0 Å². The maximum Gasteiger partial charge on any atom is 0.0505 e. The van der Waals surface area contributed by atoms with Gasteiger partial charge in [0.25, 0.3) is 0 Å². The number of alkyl halides is 2. The Hall–Kier alpha value is 0.580. The molecule has 0 amide bonds. The summed E-state index contributed by atoms with van der Waals surface area (Å²) in [6.45, 7) is 12.6. The third kappa shape index (κ3) is 3.94. The molecule has 0 aromatic carbocycles. The van der Waals surface area contributed by atoms with Gasteiger partial charge in [0.2, 0.25) is 0 Å². The molecule has 0 spiro atoms. The highest BCUT2D eigenvalue weighted by Crippen LogP contribution is 2.68. The van der Waals surface area contributed by atoms with Crippen LogP contribution in [0.2, 0.25) is 0 Å². The predicted octanol–water partition coefficient (Wildman–Crippen LogP) is 8.93. The number of fused-ring (bicyclic) bond motifs is 5. The molecule has 4 fully saturated rings. The first-order valence-corrected chi connectivity index (χ1v) is 13.8. The molecule has 0 heterocycles. The fourth-order valence-electron chi connectivity index (χ4n) is 9.23. The molecule has 10 atom stereocenters. The van der Waals surface area contributed by atoms with Gasteiger partial charge in [-0.2, -0.15) is 0 Å². The summed E-state index contributed by atoms with van der Waals surface area (Å²) in [5.74, 6) is 6.38. The van der Waals surface area contributed by atoms with Gasteiger partial charge in [-0.05, 0) is 104 Å². The van der Waals surface area contributed by atoms with Crippen molar-refractivity contribution in [3.05, 3.63) is 0 Å². The minimum absolute atomic E-state index is 0.183. The van der Waals surface area contributed by atoms with Gasteiger partial charge in [0.05, 0.1) is 10.8 Å². The van der Waals surface area contributed by atoms with Crippen LogP contribution in [0.15, 0.2) is 0 Å². The average molecular weight is 442 g/mol. The highest BCUT2D eigenvalue weighted by atomic mass is 35.5. The van der Waals surface area contributed by atoms with E-state index >= 15 is 0 Å². The third-order valence-electron chi connectivity index (χ3n) is 10.8. The van der Waals surface area contributed by atoms with E-state index in [1.807, 2.05) is 0 Å². The molecule has 0 N–H and O–H groups in total. The first-order valence-electron chi connectivity index (χ1n) is 12.9. The molecule has 2 heteroatoms. The maximum absolute atomic E-state index is 6.75. The van der Waals surface area contributed by atoms with E-state index in [9.17, 15) is 0 Å². The molecule has 0 aromatic heterocycles. The van der Waals surface area contributed by atoms with Crippen LogP contribution in [0, 0.1) is 52.3 Å². The second-order valence-electron chi connectivity index (χ2n) is 12.7. The summed E-state index contributed by atoms with van der Waals surface area (Å²) in [4.78, 5) is 0. The Labute approximate surface area is 191 Å². The smallest absolute Gasteiger partial charge is 0.0505 e. The number of hydrogen-bond donors (Lipinski definition) is 0. The maximum atomic E-state index is 6.75. The molecule has 4 aliphatic carbocycles. The van der Waals surface area contributed by atoms with Crippen molar-refractivity contribution < 1.29 is 0 Å². The van der Waals surface area contributed by atoms with Gasteiger partial charge in [-0.15, -0.1) is 23.2 Å². The number of rotatable bonds is 5. The van der Waals surface area contributed by atoms with E-state index in [2.05, 4.69) is 34.6 Å². The summed E-state index contributed by atoms with van der Waals surface area (Å²) in [6, 6.07) is 0. The lowest BCUT2D eigenvalue weighted by atomic mass is 9.44. The molecule has 0 saturated heterocycles. The Morgan fingerprint density at radius 1 is 0.828 bits per heavy atom. The lowest BCUT2D eigenvalue weighted by Crippen LogP contribution is -2.55. The molecule has 0 aliphatic heterocycles. The molecular weight excluding hydrogens is 395 g/mol. The normalized spacial score (nSPS) is 50.7. The molecule has 0 unspecified atom stereocenters. The van der Waals surface area contributed by atoms with Crippen LogP contribution in [0.5, 0.6) is 0 Å². The van der Waals surface area contributed by atoms with Crippen LogP contribution in [0.25, 0.3) is 0 Å². The quantitative estimate of drug-likeness (QED) is 0.374. The summed E-state index contributed by atoms with van der Waals surface area (Å²) in [5.41, 5.74) is 1.05. The predicted molar refractivity (Wildman–Crippen MR) is 128 cm³/mol. The lowest BCUT2D eigenvalue weighted by Gasteiger charge is -2.61. The van der Waals surface area contributed by atoms with Gasteiger partial charge in [-0.1, -0.05) is 53.9 Å². The van der Waals surface area contributed by atoms with E-state index in [4.69, 9.17) is 23.2 Å². The molecule has 0 aromatic rings. The van der Waals surface area contributed by atoms with Crippen molar-refractivity contribution >= 4 is 23.2 Å². The van der Waals surface area contributed by atoms with Crippen molar-refractivity contribution in [2.24, 2.45) is 52.3 Å². The van der Waals surface area contributed by atoms with Crippen molar-refractivity contribution in [2.75, 3.05) is 0 Å². The summed E-state index contributed by atoms with van der Waals surface area (Å²) >= 11 is 13.4. The molecule has 4 rings (SSSR count). The third-order valence-corrected chi connectivity index (χ3v) is 11.9. The van der Waals surface area contributed by atoms with E-state index in [0.29, 0.717) is 10.8 Å². The van der Waals surface area contributed by atoms with Crippen LogP contribution in [0.4, 0.5) is 0 Å². The Bertz CT molecular complexity index is 573. The van der Waals surface area contributed by atoms with E-state index in [1.54, 1.807) is 0 Å². The SMILES string of the molecule is CC(C)CCC[C@@H](C)[C@H]1CC[C@H]2[C@@H]3CC[C@H]4C[C@H](Cl)[C@@H](Cl)C[C@]4(C)[C@H]3CC[C@]12C. The van der Waals surface area contributed by atoms with Gasteiger partial charge < -0.3 is 0 Å². The number of halogens is 2. The molecule has 0 nitrogen and oxygen atoms in total. The van der Waals surface area contributed by atoms with Crippen LogP contribution in [0.1, 0.15) is 105 Å². The lowest BCUT2D eigenvalue weighted by molar-refractivity contribution is -0.113. The molecule has 0 bridgehead atoms. The fraction of sp³-hybridized carbons (Fsp3) is 1.00. The van der Waals surface area contributed by atoms with Crippen LogP contribution in [-0.4, -0.2) is 10.8 Å². The topological polar surface area (TPSA) is 0 Å². The Morgan fingerprint density at radius 3 is 2.28 bits per heavy atom. The Balaban J connectivity index is 1.47. The van der Waals surface area contributed by atoms with Crippen molar-refractivity contribution in [3.8, 4) is 0 Å². The highest BCUT2D eigenvalue weighted by molar-refractivity contribution is 6.30. The largest absolute Gasteiger partial charge is 0.121 e. The Morgan fingerprint density at radius 2 is 1.55 bits per heavy atom.